The van der Waals surface area contributed by atoms with E-state index in [4.69, 9.17) is 14.2 Å². The molecule has 1 heterocycles. The standard InChI is InChI=1S/C28H44O5/c1-18(29)32-19(2)33-22-9-12-26(3)21(16-22)7-8-25-24(26)10-13-27(4)23(11-14-28(25,27)30)20-6-5-15-31-17-20/h5-6,19-25,30H,7-17H2,1-4H3/t19?,20?,21-,22+,23-,24+,25-,26+,27-,28+/m1/s1. The Morgan fingerprint density at radius 1 is 1.06 bits per heavy atom. The van der Waals surface area contributed by atoms with Gasteiger partial charge in [0, 0.05) is 18.3 Å². The van der Waals surface area contributed by atoms with Crippen molar-refractivity contribution in [2.45, 2.75) is 103 Å². The summed E-state index contributed by atoms with van der Waals surface area (Å²) in [5.74, 6) is 2.33. The second-order valence-corrected chi connectivity index (χ2v) is 12.4. The number of fused-ring (bicyclic) bond motifs is 5. The van der Waals surface area contributed by atoms with Gasteiger partial charge in [-0.1, -0.05) is 26.0 Å². The highest BCUT2D eigenvalue weighted by atomic mass is 16.7. The molecule has 10 atom stereocenters. The van der Waals surface area contributed by atoms with Crippen LogP contribution in [-0.2, 0) is 19.0 Å². The number of esters is 1. The van der Waals surface area contributed by atoms with Crippen molar-refractivity contribution in [1.29, 1.82) is 0 Å². The molecular weight excluding hydrogens is 416 g/mol. The van der Waals surface area contributed by atoms with Gasteiger partial charge in [-0.15, -0.1) is 0 Å². The molecule has 4 fully saturated rings. The third kappa shape index (κ3) is 3.81. The van der Waals surface area contributed by atoms with Crippen molar-refractivity contribution in [1.82, 2.24) is 0 Å². The Morgan fingerprint density at radius 2 is 1.85 bits per heavy atom. The molecule has 0 saturated heterocycles. The van der Waals surface area contributed by atoms with Crippen LogP contribution < -0.4 is 0 Å². The highest BCUT2D eigenvalue weighted by Crippen LogP contribution is 2.70. The van der Waals surface area contributed by atoms with Crippen LogP contribution in [0.25, 0.3) is 0 Å². The van der Waals surface area contributed by atoms with Crippen LogP contribution in [0, 0.1) is 40.4 Å². The van der Waals surface area contributed by atoms with Crippen molar-refractivity contribution >= 4 is 5.97 Å². The summed E-state index contributed by atoms with van der Waals surface area (Å²) in [7, 11) is 0. The molecule has 33 heavy (non-hydrogen) atoms. The Hall–Kier alpha value is -0.910. The summed E-state index contributed by atoms with van der Waals surface area (Å²) in [5, 5.41) is 12.4. The molecule has 0 radical (unpaired) electrons. The molecule has 0 bridgehead atoms. The van der Waals surface area contributed by atoms with E-state index in [-0.39, 0.29) is 22.9 Å². The maximum Gasteiger partial charge on any atom is 0.304 e. The molecule has 0 aromatic heterocycles. The van der Waals surface area contributed by atoms with Crippen LogP contribution in [0.3, 0.4) is 0 Å². The predicted molar refractivity (Wildman–Crippen MR) is 126 cm³/mol. The Bertz CT molecular complexity index is 780. The van der Waals surface area contributed by atoms with E-state index in [9.17, 15) is 9.90 Å². The minimum atomic E-state index is -0.545. The van der Waals surface area contributed by atoms with Crippen LogP contribution >= 0.6 is 0 Å². The van der Waals surface area contributed by atoms with E-state index in [0.717, 1.165) is 58.2 Å². The lowest BCUT2D eigenvalue weighted by atomic mass is 9.43. The van der Waals surface area contributed by atoms with Gasteiger partial charge in [0.2, 0.25) is 0 Å². The largest absolute Gasteiger partial charge is 0.436 e. The molecule has 5 heteroatoms. The third-order valence-corrected chi connectivity index (χ3v) is 11.0. The third-order valence-electron chi connectivity index (χ3n) is 11.0. The lowest BCUT2D eigenvalue weighted by Gasteiger charge is -2.64. The molecule has 186 valence electrons. The first kappa shape index (κ1) is 23.8. The van der Waals surface area contributed by atoms with E-state index < -0.39 is 11.9 Å². The number of hydrogen-bond acceptors (Lipinski definition) is 5. The molecule has 1 N–H and O–H groups in total. The molecule has 0 spiro atoms. The summed E-state index contributed by atoms with van der Waals surface area (Å²) in [4.78, 5) is 11.3. The molecule has 4 saturated carbocycles. The summed E-state index contributed by atoms with van der Waals surface area (Å²) < 4.78 is 17.1. The van der Waals surface area contributed by atoms with Gasteiger partial charge in [0.25, 0.3) is 0 Å². The van der Waals surface area contributed by atoms with Gasteiger partial charge in [-0.05, 0) is 93.8 Å². The minimum Gasteiger partial charge on any atom is -0.436 e. The number of hydrogen-bond donors (Lipinski definition) is 1. The minimum absolute atomic E-state index is 0.00710. The van der Waals surface area contributed by atoms with Gasteiger partial charge in [0.05, 0.1) is 24.9 Å². The Labute approximate surface area is 199 Å². The lowest BCUT2D eigenvalue weighted by molar-refractivity contribution is -0.224. The fraction of sp³-hybridized carbons (Fsp3) is 0.893. The molecule has 2 unspecified atom stereocenters. The van der Waals surface area contributed by atoms with Gasteiger partial charge in [-0.25, -0.2) is 0 Å². The van der Waals surface area contributed by atoms with Crippen LogP contribution in [0.4, 0.5) is 0 Å². The normalized spacial score (nSPS) is 50.1. The highest BCUT2D eigenvalue weighted by Gasteiger charge is 2.67. The van der Waals surface area contributed by atoms with Crippen molar-refractivity contribution < 1.29 is 24.1 Å². The van der Waals surface area contributed by atoms with Gasteiger partial charge in [0.1, 0.15) is 0 Å². The van der Waals surface area contributed by atoms with Gasteiger partial charge in [-0.3, -0.25) is 4.79 Å². The summed E-state index contributed by atoms with van der Waals surface area (Å²) in [6.45, 7) is 9.72. The zero-order valence-corrected chi connectivity index (χ0v) is 21.1. The topological polar surface area (TPSA) is 65.0 Å². The first-order valence-corrected chi connectivity index (χ1v) is 13.5. The maximum atomic E-state index is 12.4. The Morgan fingerprint density at radius 3 is 2.58 bits per heavy atom. The monoisotopic (exact) mass is 460 g/mol. The molecule has 5 nitrogen and oxygen atoms in total. The van der Waals surface area contributed by atoms with Crippen LogP contribution in [-0.4, -0.2) is 42.3 Å². The second-order valence-electron chi connectivity index (χ2n) is 12.4. The van der Waals surface area contributed by atoms with Crippen molar-refractivity contribution in [2.75, 3.05) is 13.2 Å². The predicted octanol–water partition coefficient (Wildman–Crippen LogP) is 5.26. The summed E-state index contributed by atoms with van der Waals surface area (Å²) in [6.07, 6.45) is 14.2. The average Bonchev–Trinajstić information content (AvgIpc) is 3.05. The first-order valence-electron chi connectivity index (χ1n) is 13.5. The fourth-order valence-electron chi connectivity index (χ4n) is 9.38. The van der Waals surface area contributed by atoms with Crippen molar-refractivity contribution in [3.63, 3.8) is 0 Å². The van der Waals surface area contributed by atoms with Crippen LogP contribution in [0.5, 0.6) is 0 Å². The Kier molecular flexibility index (Phi) is 6.23. The fourth-order valence-corrected chi connectivity index (χ4v) is 9.38. The van der Waals surface area contributed by atoms with Gasteiger partial charge < -0.3 is 19.3 Å². The summed E-state index contributed by atoms with van der Waals surface area (Å²) in [6, 6.07) is 0. The summed E-state index contributed by atoms with van der Waals surface area (Å²) >= 11 is 0. The van der Waals surface area contributed by atoms with Crippen LogP contribution in [0.1, 0.15) is 85.5 Å². The van der Waals surface area contributed by atoms with Crippen LogP contribution in [0.2, 0.25) is 0 Å². The quantitative estimate of drug-likeness (QED) is 0.352. The smallest absolute Gasteiger partial charge is 0.304 e. The zero-order valence-electron chi connectivity index (χ0n) is 21.1. The molecular formula is C28H44O5. The van der Waals surface area contributed by atoms with Gasteiger partial charge >= 0.3 is 5.97 Å². The average molecular weight is 461 g/mol. The van der Waals surface area contributed by atoms with E-state index in [0.29, 0.717) is 29.6 Å². The molecule has 0 aromatic carbocycles. The number of rotatable bonds is 4. The summed E-state index contributed by atoms with van der Waals surface area (Å²) in [5.41, 5.74) is -0.277. The van der Waals surface area contributed by atoms with E-state index in [1.54, 1.807) is 0 Å². The van der Waals surface area contributed by atoms with Crippen molar-refractivity contribution in [3.05, 3.63) is 12.2 Å². The SMILES string of the molecule is CC(=O)OC(C)O[C@H]1CC[C@@]2(C)[C@H](CC[C@@H]3[C@@H]2CC[C@]2(C)[C@@H](C4C=CCOC4)CC[C@]32O)C1. The zero-order chi connectivity index (χ0) is 23.4. The lowest BCUT2D eigenvalue weighted by Crippen LogP contribution is -2.62. The van der Waals surface area contributed by atoms with Crippen LogP contribution in [0.15, 0.2) is 12.2 Å². The number of ether oxygens (including phenoxy) is 3. The van der Waals surface area contributed by atoms with E-state index in [2.05, 4.69) is 26.0 Å². The van der Waals surface area contributed by atoms with E-state index in [1.807, 2.05) is 6.92 Å². The van der Waals surface area contributed by atoms with E-state index in [1.165, 1.54) is 19.8 Å². The number of carbonyl (C=O) groups excluding carboxylic acids is 1. The molecule has 4 aliphatic carbocycles. The Balaban J connectivity index is 1.31. The van der Waals surface area contributed by atoms with Gasteiger partial charge in [0.15, 0.2) is 6.29 Å². The highest BCUT2D eigenvalue weighted by molar-refractivity contribution is 5.65. The van der Waals surface area contributed by atoms with E-state index >= 15 is 0 Å². The van der Waals surface area contributed by atoms with Crippen molar-refractivity contribution in [2.24, 2.45) is 40.4 Å². The second kappa shape index (κ2) is 8.64. The van der Waals surface area contributed by atoms with Crippen molar-refractivity contribution in [3.8, 4) is 0 Å². The molecule has 5 rings (SSSR count). The molecule has 0 amide bonds. The molecule has 0 aromatic rings. The number of carbonyl (C=O) groups is 1. The van der Waals surface area contributed by atoms with Gasteiger partial charge in [-0.2, -0.15) is 0 Å². The maximum absolute atomic E-state index is 12.4. The molecule has 1 aliphatic heterocycles. The number of aliphatic hydroxyl groups is 1. The first-order chi connectivity index (χ1) is 15.7. The molecule has 5 aliphatic rings.